The Morgan fingerprint density at radius 2 is 2.00 bits per heavy atom. The Bertz CT molecular complexity index is 1090. The van der Waals surface area contributed by atoms with Gasteiger partial charge in [-0.2, -0.15) is 0 Å². The number of halogens is 3. The Kier molecular flexibility index (Phi) is 6.19. The second kappa shape index (κ2) is 8.44. The van der Waals surface area contributed by atoms with Crippen molar-refractivity contribution in [3.8, 4) is 5.75 Å². The Morgan fingerprint density at radius 3 is 2.68 bits per heavy atom. The molecule has 2 aromatic carbocycles. The van der Waals surface area contributed by atoms with E-state index in [1.807, 2.05) is 22.6 Å². The van der Waals surface area contributed by atoms with E-state index in [0.29, 0.717) is 9.09 Å². The lowest BCUT2D eigenvalue weighted by molar-refractivity contribution is 0.173. The van der Waals surface area contributed by atoms with Crippen LogP contribution in [0.5, 0.6) is 5.75 Å². The molecule has 8 heteroatoms. The van der Waals surface area contributed by atoms with Crippen LogP contribution in [0.25, 0.3) is 10.9 Å². The lowest BCUT2D eigenvalue weighted by Crippen LogP contribution is -2.18. The van der Waals surface area contributed by atoms with Crippen molar-refractivity contribution in [1.29, 1.82) is 0 Å². The topological polar surface area (TPSA) is 63.5 Å². The molecule has 3 rings (SSSR count). The van der Waals surface area contributed by atoms with Crippen molar-refractivity contribution in [2.45, 2.75) is 6.92 Å². The Hall–Kier alpha value is -2.20. The Morgan fingerprint density at radius 1 is 1.25 bits per heavy atom. The molecule has 0 aliphatic carbocycles. The number of rotatable bonds is 6. The van der Waals surface area contributed by atoms with E-state index >= 15 is 0 Å². The third-order valence-electron chi connectivity index (χ3n) is 4.26. The number of pyridine rings is 1. The number of fused-ring (bicyclic) bond motifs is 1. The highest BCUT2D eigenvalue weighted by Crippen LogP contribution is 2.29. The molecule has 148 valence electrons. The summed E-state index contributed by atoms with van der Waals surface area (Å²) >= 11 is 1.99. The van der Waals surface area contributed by atoms with E-state index in [1.165, 1.54) is 24.4 Å². The smallest absolute Gasteiger partial charge is 0.233 e. The van der Waals surface area contributed by atoms with E-state index in [9.17, 15) is 13.6 Å². The van der Waals surface area contributed by atoms with Gasteiger partial charge in [0.05, 0.1) is 35.1 Å². The molecule has 28 heavy (non-hydrogen) atoms. The average Bonchev–Trinajstić information content (AvgIpc) is 2.65. The molecule has 0 bridgehead atoms. The van der Waals surface area contributed by atoms with Gasteiger partial charge in [-0.1, -0.05) is 6.92 Å². The van der Waals surface area contributed by atoms with Gasteiger partial charge in [-0.3, -0.25) is 4.79 Å². The highest BCUT2D eigenvalue weighted by molar-refractivity contribution is 14.1. The summed E-state index contributed by atoms with van der Waals surface area (Å²) in [5.74, 6) is -1.14. The maximum atomic E-state index is 14.3. The summed E-state index contributed by atoms with van der Waals surface area (Å²) in [5.41, 5.74) is 0.193. The van der Waals surface area contributed by atoms with Crippen molar-refractivity contribution in [3.05, 3.63) is 62.0 Å². The first-order chi connectivity index (χ1) is 13.3. The molecule has 0 unspecified atom stereocenters. The molecule has 5 nitrogen and oxygen atoms in total. The van der Waals surface area contributed by atoms with Gasteiger partial charge in [-0.15, -0.1) is 0 Å². The normalized spacial score (nSPS) is 12.2. The quantitative estimate of drug-likeness (QED) is 0.499. The van der Waals surface area contributed by atoms with E-state index in [2.05, 4.69) is 5.32 Å². The van der Waals surface area contributed by atoms with Gasteiger partial charge in [-0.25, -0.2) is 8.78 Å². The van der Waals surface area contributed by atoms with Crippen molar-refractivity contribution in [3.63, 3.8) is 0 Å². The Labute approximate surface area is 174 Å². The van der Waals surface area contributed by atoms with Crippen molar-refractivity contribution in [2.75, 3.05) is 18.5 Å². The predicted octanol–water partition coefficient (Wildman–Crippen LogP) is 4.17. The van der Waals surface area contributed by atoms with E-state index in [0.717, 1.165) is 6.07 Å². The number of aliphatic hydroxyl groups excluding tert-OH is 1. The minimum absolute atomic E-state index is 0.0714. The molecular weight excluding hydrogens is 481 g/mol. The average molecular weight is 500 g/mol. The Balaban J connectivity index is 2.13. The third-order valence-corrected chi connectivity index (χ3v) is 4.93. The van der Waals surface area contributed by atoms with Gasteiger partial charge in [0.25, 0.3) is 0 Å². The molecule has 0 saturated heterocycles. The van der Waals surface area contributed by atoms with Crippen LogP contribution in [-0.4, -0.2) is 22.9 Å². The minimum Gasteiger partial charge on any atom is -0.488 e. The summed E-state index contributed by atoms with van der Waals surface area (Å²) in [6.45, 7) is 1.87. The molecule has 0 amide bonds. The van der Waals surface area contributed by atoms with Crippen LogP contribution in [0.2, 0.25) is 0 Å². The number of anilines is 2. The largest absolute Gasteiger partial charge is 0.488 e. The molecule has 3 aromatic rings. The zero-order chi connectivity index (χ0) is 20.4. The van der Waals surface area contributed by atoms with E-state index < -0.39 is 17.1 Å². The molecule has 1 atom stereocenters. The number of aliphatic hydroxyl groups is 1. The number of hydrogen-bond donors (Lipinski definition) is 2. The van der Waals surface area contributed by atoms with Crippen LogP contribution in [0.4, 0.5) is 20.2 Å². The molecule has 0 fully saturated rings. The fraction of sp³-hybridized carbons (Fsp3) is 0.250. The third kappa shape index (κ3) is 4.27. The molecule has 0 saturated carbocycles. The summed E-state index contributed by atoms with van der Waals surface area (Å²) in [6, 6.07) is 6.97. The molecule has 0 aliphatic heterocycles. The molecule has 0 spiro atoms. The minimum atomic E-state index is -0.557. The first-order valence-corrected chi connectivity index (χ1v) is 9.66. The molecule has 2 N–H and O–H groups in total. The van der Waals surface area contributed by atoms with Crippen LogP contribution in [0.3, 0.4) is 0 Å². The van der Waals surface area contributed by atoms with Gasteiger partial charge in [-0.05, 0) is 52.9 Å². The molecule has 0 aliphatic rings. The summed E-state index contributed by atoms with van der Waals surface area (Å²) in [4.78, 5) is 13.0. The summed E-state index contributed by atoms with van der Waals surface area (Å²) in [7, 11) is 1.67. The number of aromatic nitrogens is 1. The monoisotopic (exact) mass is 500 g/mol. The maximum absolute atomic E-state index is 14.3. The van der Waals surface area contributed by atoms with Gasteiger partial charge in [0.15, 0.2) is 5.75 Å². The zero-order valence-electron chi connectivity index (χ0n) is 15.3. The van der Waals surface area contributed by atoms with Gasteiger partial charge in [0.2, 0.25) is 5.43 Å². The van der Waals surface area contributed by atoms with Gasteiger partial charge in [0.1, 0.15) is 11.6 Å². The van der Waals surface area contributed by atoms with E-state index in [1.54, 1.807) is 24.6 Å². The van der Waals surface area contributed by atoms with Gasteiger partial charge in [0, 0.05) is 23.1 Å². The lowest BCUT2D eigenvalue weighted by atomic mass is 10.1. The van der Waals surface area contributed by atoms with Crippen LogP contribution in [-0.2, 0) is 7.05 Å². The van der Waals surface area contributed by atoms with Crippen molar-refractivity contribution in [2.24, 2.45) is 13.0 Å². The lowest BCUT2D eigenvalue weighted by Gasteiger charge is -2.16. The highest BCUT2D eigenvalue weighted by atomic mass is 127. The first kappa shape index (κ1) is 20.5. The summed E-state index contributed by atoms with van der Waals surface area (Å²) in [5, 5.41) is 12.2. The van der Waals surface area contributed by atoms with Crippen molar-refractivity contribution < 1.29 is 18.6 Å². The van der Waals surface area contributed by atoms with E-state index in [-0.39, 0.29) is 41.6 Å². The molecule has 1 heterocycles. The number of ether oxygens (including phenoxy) is 1. The molecule has 1 aromatic heterocycles. The van der Waals surface area contributed by atoms with Crippen LogP contribution >= 0.6 is 22.6 Å². The number of hydrogen-bond acceptors (Lipinski definition) is 4. The summed E-state index contributed by atoms with van der Waals surface area (Å²) in [6.07, 6.45) is 1.48. The highest BCUT2D eigenvalue weighted by Gasteiger charge is 2.16. The van der Waals surface area contributed by atoms with E-state index in [4.69, 9.17) is 9.84 Å². The standard InChI is InChI=1S/C20H19F2IN2O3/c1-11(9-26)10-28-18-8-25(2)17-6-12(21)5-16(19(17)20(18)27)24-15-4-3-13(23)7-14(15)22/h3-8,11,24,26H,9-10H2,1-2H3/t11-/m1/s1. The SMILES string of the molecule is C[C@H](CO)COc1cn(C)c2cc(F)cc(Nc3ccc(I)cc3F)c2c1=O. The van der Waals surface area contributed by atoms with Crippen molar-refractivity contribution >= 4 is 44.9 Å². The number of nitrogens with zero attached hydrogens (tertiary/aromatic N) is 1. The second-order valence-corrected chi connectivity index (χ2v) is 7.87. The second-order valence-electron chi connectivity index (χ2n) is 6.63. The van der Waals surface area contributed by atoms with Crippen molar-refractivity contribution in [1.82, 2.24) is 4.57 Å². The number of benzene rings is 2. The number of nitrogens with one attached hydrogen (secondary N) is 1. The predicted molar refractivity (Wildman–Crippen MR) is 113 cm³/mol. The maximum Gasteiger partial charge on any atom is 0.233 e. The first-order valence-electron chi connectivity index (χ1n) is 8.58. The van der Waals surface area contributed by atoms with Crippen LogP contribution in [0.1, 0.15) is 6.92 Å². The van der Waals surface area contributed by atoms with Gasteiger partial charge < -0.3 is 19.7 Å². The zero-order valence-corrected chi connectivity index (χ0v) is 17.5. The summed E-state index contributed by atoms with van der Waals surface area (Å²) < 4.78 is 36.3. The van der Waals surface area contributed by atoms with Crippen LogP contribution < -0.4 is 15.5 Å². The fourth-order valence-corrected chi connectivity index (χ4v) is 3.21. The number of aryl methyl sites for hydroxylation is 1. The molecular formula is C20H19F2IN2O3. The fourth-order valence-electron chi connectivity index (χ4n) is 2.76. The van der Waals surface area contributed by atoms with Gasteiger partial charge >= 0.3 is 0 Å². The van der Waals surface area contributed by atoms with Crippen LogP contribution in [0, 0.1) is 21.1 Å². The molecule has 0 radical (unpaired) electrons. The van der Waals surface area contributed by atoms with Crippen LogP contribution in [0.15, 0.2) is 41.3 Å².